The Kier molecular flexibility index (Phi) is 16.7. The van der Waals surface area contributed by atoms with Crippen molar-refractivity contribution in [1.82, 2.24) is 26.6 Å². The summed E-state index contributed by atoms with van der Waals surface area (Å²) in [7, 11) is 0. The Labute approximate surface area is 296 Å². The molecule has 11 N–H and O–H groups in total. The maximum Gasteiger partial charge on any atom is 0.326 e. The number of aliphatic carboxylic acids is 2. The lowest BCUT2D eigenvalue weighted by atomic mass is 10.00. The van der Waals surface area contributed by atoms with Gasteiger partial charge in [-0.05, 0) is 57.7 Å². The van der Waals surface area contributed by atoms with Crippen LogP contribution in [0.25, 0.3) is 0 Å². The van der Waals surface area contributed by atoms with Gasteiger partial charge in [-0.25, -0.2) is 4.79 Å². The van der Waals surface area contributed by atoms with Crippen molar-refractivity contribution in [3.05, 3.63) is 71.8 Å². The third-order valence-electron chi connectivity index (χ3n) is 7.87. The second-order valence-electron chi connectivity index (χ2n) is 12.7. The van der Waals surface area contributed by atoms with Gasteiger partial charge in [-0.15, -0.1) is 0 Å². The van der Waals surface area contributed by atoms with Gasteiger partial charge in [-0.1, -0.05) is 60.7 Å². The maximum absolute atomic E-state index is 13.4. The summed E-state index contributed by atoms with van der Waals surface area (Å²) in [4.78, 5) is 89.0. The van der Waals surface area contributed by atoms with Crippen LogP contribution in [-0.2, 0) is 46.4 Å². The van der Waals surface area contributed by atoms with Gasteiger partial charge in [0, 0.05) is 12.8 Å². The first-order valence-electron chi connectivity index (χ1n) is 16.6. The minimum atomic E-state index is -1.63. The predicted octanol–water partition coefficient (Wildman–Crippen LogP) is -0.659. The van der Waals surface area contributed by atoms with Gasteiger partial charge in [0.1, 0.15) is 29.7 Å². The largest absolute Gasteiger partial charge is 0.481 e. The summed E-state index contributed by atoms with van der Waals surface area (Å²) in [6.07, 6.45) is 0.540. The number of carbonyl (C=O) groups excluding carboxylic acids is 5. The van der Waals surface area contributed by atoms with Crippen molar-refractivity contribution >= 4 is 41.5 Å². The summed E-state index contributed by atoms with van der Waals surface area (Å²) in [5.74, 6) is -6.44. The molecule has 2 aromatic rings. The van der Waals surface area contributed by atoms with Gasteiger partial charge in [0.2, 0.25) is 29.5 Å². The van der Waals surface area contributed by atoms with Crippen molar-refractivity contribution in [2.24, 2.45) is 11.5 Å². The molecule has 0 aliphatic rings. The van der Waals surface area contributed by atoms with Crippen molar-refractivity contribution < 1.29 is 43.8 Å². The highest BCUT2D eigenvalue weighted by atomic mass is 16.4. The average Bonchev–Trinajstić information content (AvgIpc) is 3.07. The fourth-order valence-corrected chi connectivity index (χ4v) is 4.89. The van der Waals surface area contributed by atoms with Gasteiger partial charge >= 0.3 is 11.9 Å². The van der Waals surface area contributed by atoms with Crippen LogP contribution in [0, 0.1) is 0 Å². The van der Waals surface area contributed by atoms with Crippen LogP contribution >= 0.6 is 0 Å². The first kappa shape index (κ1) is 41.8. The molecule has 0 radical (unpaired) electrons. The summed E-state index contributed by atoms with van der Waals surface area (Å²) in [5, 5.41) is 31.3. The first-order valence-corrected chi connectivity index (χ1v) is 16.6. The molecule has 0 spiro atoms. The Balaban J connectivity index is 2.16. The van der Waals surface area contributed by atoms with E-state index in [9.17, 15) is 38.7 Å². The van der Waals surface area contributed by atoms with Crippen molar-refractivity contribution in [1.29, 1.82) is 0 Å². The van der Waals surface area contributed by atoms with Crippen molar-refractivity contribution in [3.63, 3.8) is 0 Å². The molecule has 0 aliphatic carbocycles. The Morgan fingerprint density at radius 1 is 0.686 bits per heavy atom. The van der Waals surface area contributed by atoms with E-state index in [1.54, 1.807) is 60.7 Å². The standard InChI is InChI=1S/C35H49N7O9/c1-21(29(45)40-26(18-22-12-6-4-7-13-22)31(47)39-25(33(49)50)16-10-11-17-36)38-34(51)35(2,3)42-32(48)27(19-23-14-8-5-9-15-23)41-30(46)24(37)20-28(43)44/h4-9,12-15,21,24-27H,10-11,16-20,36-37H2,1-3H3,(H,38,51)(H,39,47)(H,40,45)(H,41,46)(H,42,48)(H,43,44)(H,49,50)/t21-,24-,25-,26-,27-/m0/s1. The number of unbranched alkanes of at least 4 members (excludes halogenated alkanes) is 1. The van der Waals surface area contributed by atoms with E-state index in [1.165, 1.54) is 20.8 Å². The number of carboxylic acids is 2. The van der Waals surface area contributed by atoms with Gasteiger partial charge < -0.3 is 48.3 Å². The highest BCUT2D eigenvalue weighted by Crippen LogP contribution is 2.10. The average molecular weight is 712 g/mol. The third kappa shape index (κ3) is 14.6. The van der Waals surface area contributed by atoms with Gasteiger partial charge in [0.05, 0.1) is 12.5 Å². The lowest BCUT2D eigenvalue weighted by Gasteiger charge is -2.30. The molecule has 0 bridgehead atoms. The molecule has 16 nitrogen and oxygen atoms in total. The van der Waals surface area contributed by atoms with Crippen LogP contribution in [0.1, 0.15) is 57.6 Å². The number of amides is 5. The van der Waals surface area contributed by atoms with Crippen LogP contribution in [0.4, 0.5) is 0 Å². The SMILES string of the molecule is C[C@H](NC(=O)C(C)(C)NC(=O)[C@H](Cc1ccccc1)NC(=O)[C@@H](N)CC(=O)O)C(=O)N[C@@H](Cc1ccccc1)C(=O)N[C@@H](CCCCN)C(=O)O. The minimum Gasteiger partial charge on any atom is -0.481 e. The van der Waals surface area contributed by atoms with Gasteiger partial charge in [0.15, 0.2) is 0 Å². The number of carbonyl (C=O) groups is 7. The Hall–Kier alpha value is -5.35. The number of hydrogen-bond donors (Lipinski definition) is 9. The smallest absolute Gasteiger partial charge is 0.326 e. The number of nitrogens with one attached hydrogen (secondary N) is 5. The highest BCUT2D eigenvalue weighted by molar-refractivity contribution is 5.98. The number of hydrogen-bond acceptors (Lipinski definition) is 9. The molecular weight excluding hydrogens is 662 g/mol. The van der Waals surface area contributed by atoms with Crippen molar-refractivity contribution in [3.8, 4) is 0 Å². The molecule has 0 fully saturated rings. The number of benzene rings is 2. The van der Waals surface area contributed by atoms with Crippen LogP contribution in [0.2, 0.25) is 0 Å². The van der Waals surface area contributed by atoms with E-state index < -0.39 is 83.6 Å². The molecule has 0 unspecified atom stereocenters. The molecule has 0 saturated carbocycles. The van der Waals surface area contributed by atoms with E-state index >= 15 is 0 Å². The quantitative estimate of drug-likeness (QED) is 0.0734. The van der Waals surface area contributed by atoms with E-state index in [-0.39, 0.29) is 19.3 Å². The zero-order valence-corrected chi connectivity index (χ0v) is 29.0. The fourth-order valence-electron chi connectivity index (χ4n) is 4.89. The monoisotopic (exact) mass is 711 g/mol. The van der Waals surface area contributed by atoms with Gasteiger partial charge in [-0.3, -0.25) is 28.8 Å². The summed E-state index contributed by atoms with van der Waals surface area (Å²) in [6, 6.07) is 11.1. The molecule has 0 aromatic heterocycles. The molecule has 2 rings (SSSR count). The van der Waals surface area contributed by atoms with Crippen molar-refractivity contribution in [2.45, 2.75) is 95.0 Å². The van der Waals surface area contributed by atoms with Gasteiger partial charge in [0.25, 0.3) is 0 Å². The highest BCUT2D eigenvalue weighted by Gasteiger charge is 2.36. The molecule has 51 heavy (non-hydrogen) atoms. The summed E-state index contributed by atoms with van der Waals surface area (Å²) < 4.78 is 0. The molecule has 0 heterocycles. The molecule has 5 amide bonds. The van der Waals surface area contributed by atoms with Crippen LogP contribution in [0.5, 0.6) is 0 Å². The number of rotatable bonds is 21. The second-order valence-corrected chi connectivity index (χ2v) is 12.7. The van der Waals surface area contributed by atoms with E-state index in [2.05, 4.69) is 26.6 Å². The molecule has 0 saturated heterocycles. The van der Waals surface area contributed by atoms with Crippen LogP contribution in [0.3, 0.4) is 0 Å². The van der Waals surface area contributed by atoms with Crippen LogP contribution in [0.15, 0.2) is 60.7 Å². The van der Waals surface area contributed by atoms with Crippen LogP contribution in [-0.4, -0.2) is 94.0 Å². The van der Waals surface area contributed by atoms with E-state index in [1.807, 2.05) is 0 Å². The molecule has 5 atom stereocenters. The lowest BCUT2D eigenvalue weighted by Crippen LogP contribution is -2.62. The molecular formula is C35H49N7O9. The van der Waals surface area contributed by atoms with E-state index in [0.29, 0.717) is 30.5 Å². The minimum absolute atomic E-state index is 0.00463. The van der Waals surface area contributed by atoms with E-state index in [0.717, 1.165) is 0 Å². The third-order valence-corrected chi connectivity index (χ3v) is 7.87. The first-order chi connectivity index (χ1) is 24.0. The predicted molar refractivity (Wildman–Crippen MR) is 187 cm³/mol. The van der Waals surface area contributed by atoms with Crippen molar-refractivity contribution in [2.75, 3.05) is 6.54 Å². The van der Waals surface area contributed by atoms with E-state index in [4.69, 9.17) is 16.6 Å². The lowest BCUT2D eigenvalue weighted by molar-refractivity contribution is -0.142. The normalized spacial score (nSPS) is 14.1. The van der Waals surface area contributed by atoms with Gasteiger partial charge in [-0.2, -0.15) is 0 Å². The molecule has 16 heteroatoms. The Morgan fingerprint density at radius 2 is 1.18 bits per heavy atom. The Bertz CT molecular complexity index is 1510. The molecule has 278 valence electrons. The summed E-state index contributed by atoms with van der Waals surface area (Å²) in [5.41, 5.74) is 10.9. The number of carboxylic acid groups (broad SMARTS) is 2. The summed E-state index contributed by atoms with van der Waals surface area (Å²) in [6.45, 7) is 4.50. The fraction of sp³-hybridized carbons (Fsp3) is 0.457. The molecule has 0 aliphatic heterocycles. The van der Waals surface area contributed by atoms with Crippen LogP contribution < -0.4 is 38.1 Å². The molecule has 2 aromatic carbocycles. The topological polar surface area (TPSA) is 272 Å². The zero-order valence-electron chi connectivity index (χ0n) is 29.0. The maximum atomic E-state index is 13.4. The summed E-state index contributed by atoms with van der Waals surface area (Å²) >= 11 is 0. The number of nitrogens with two attached hydrogens (primary N) is 2. The second kappa shape index (κ2) is 20.4. The Morgan fingerprint density at radius 3 is 1.67 bits per heavy atom. The zero-order chi connectivity index (χ0) is 38.1.